The van der Waals surface area contributed by atoms with Crippen molar-refractivity contribution in [3.05, 3.63) is 72.3 Å². The van der Waals surface area contributed by atoms with Gasteiger partial charge in [0.05, 0.1) is 17.5 Å². The van der Waals surface area contributed by atoms with Crippen LogP contribution < -0.4 is 10.2 Å². The average molecular weight is 358 g/mol. The van der Waals surface area contributed by atoms with E-state index in [0.717, 1.165) is 6.42 Å². The maximum atomic E-state index is 12.9. The molecule has 2 aliphatic carbocycles. The van der Waals surface area contributed by atoms with Crippen LogP contribution in [0.4, 0.5) is 11.4 Å². The topological polar surface area (TPSA) is 66.5 Å². The van der Waals surface area contributed by atoms with E-state index in [1.807, 2.05) is 18.2 Å². The monoisotopic (exact) mass is 358 g/mol. The third-order valence-corrected chi connectivity index (χ3v) is 5.87. The van der Waals surface area contributed by atoms with Gasteiger partial charge in [-0.15, -0.1) is 0 Å². The van der Waals surface area contributed by atoms with Crippen LogP contribution in [0.2, 0.25) is 0 Å². The molecule has 0 radical (unpaired) electrons. The fraction of sp³-hybridized carbons (Fsp3) is 0.227. The first-order valence-electron chi connectivity index (χ1n) is 9.16. The molecular formula is C22H18N2O3. The zero-order valence-corrected chi connectivity index (χ0v) is 14.5. The number of hydrogen-bond acceptors (Lipinski definition) is 3. The number of nitrogens with zero attached hydrogens (tertiary/aromatic N) is 1. The summed E-state index contributed by atoms with van der Waals surface area (Å²) in [6, 6.07) is 15.9. The number of carbonyl (C=O) groups is 3. The number of rotatable bonds is 3. The van der Waals surface area contributed by atoms with E-state index in [0.29, 0.717) is 16.9 Å². The zero-order valence-electron chi connectivity index (χ0n) is 14.5. The lowest BCUT2D eigenvalue weighted by atomic mass is 9.85. The van der Waals surface area contributed by atoms with Gasteiger partial charge in [-0.2, -0.15) is 0 Å². The molecule has 2 fully saturated rings. The average Bonchev–Trinajstić information content (AvgIpc) is 3.36. The first kappa shape index (κ1) is 16.0. The number of anilines is 2. The van der Waals surface area contributed by atoms with Crippen LogP contribution >= 0.6 is 0 Å². The van der Waals surface area contributed by atoms with Crippen LogP contribution in [0.25, 0.3) is 0 Å². The molecule has 3 amide bonds. The van der Waals surface area contributed by atoms with Gasteiger partial charge in [-0.3, -0.25) is 14.4 Å². The van der Waals surface area contributed by atoms with E-state index in [4.69, 9.17) is 0 Å². The minimum Gasteiger partial charge on any atom is -0.322 e. The van der Waals surface area contributed by atoms with Crippen LogP contribution in [-0.4, -0.2) is 17.7 Å². The fourth-order valence-corrected chi connectivity index (χ4v) is 4.67. The van der Waals surface area contributed by atoms with Crippen molar-refractivity contribution >= 4 is 29.1 Å². The summed E-state index contributed by atoms with van der Waals surface area (Å²) in [7, 11) is 0. The smallest absolute Gasteiger partial charge is 0.255 e. The van der Waals surface area contributed by atoms with Crippen LogP contribution in [0.3, 0.4) is 0 Å². The number of benzene rings is 2. The summed E-state index contributed by atoms with van der Waals surface area (Å²) in [6.45, 7) is 0. The van der Waals surface area contributed by atoms with E-state index < -0.39 is 0 Å². The molecule has 2 aromatic carbocycles. The molecule has 27 heavy (non-hydrogen) atoms. The van der Waals surface area contributed by atoms with E-state index in [9.17, 15) is 14.4 Å². The Kier molecular flexibility index (Phi) is 3.50. The Morgan fingerprint density at radius 2 is 1.56 bits per heavy atom. The molecule has 5 heteroatoms. The molecule has 0 aromatic heterocycles. The Morgan fingerprint density at radius 1 is 0.889 bits per heavy atom. The Bertz CT molecular complexity index is 952. The highest BCUT2D eigenvalue weighted by Crippen LogP contribution is 2.53. The summed E-state index contributed by atoms with van der Waals surface area (Å²) in [6.07, 6.45) is 5.05. The van der Waals surface area contributed by atoms with Crippen molar-refractivity contribution in [2.75, 3.05) is 10.2 Å². The highest BCUT2D eigenvalue weighted by Gasteiger charge is 2.59. The number of para-hydroxylation sites is 1. The second-order valence-electron chi connectivity index (χ2n) is 7.38. The number of imide groups is 1. The number of fused-ring (bicyclic) bond motifs is 5. The summed E-state index contributed by atoms with van der Waals surface area (Å²) in [5, 5.41) is 2.83. The first-order chi connectivity index (χ1) is 13.1. The standard InChI is InChI=1S/C22H18N2O3/c25-20(23-16-6-2-1-3-7-16)15-5-4-8-17(12-15)24-21(26)18-13-9-10-14(11-13)19(18)22(24)27/h1-10,12-14,18-19H,11H2,(H,23,25)/t13-,14-,18-,19+/m1/s1. The van der Waals surface area contributed by atoms with Crippen LogP contribution in [0.5, 0.6) is 0 Å². The van der Waals surface area contributed by atoms with Gasteiger partial charge in [0.2, 0.25) is 11.8 Å². The van der Waals surface area contributed by atoms with Crippen molar-refractivity contribution in [3.8, 4) is 0 Å². The summed E-state index contributed by atoms with van der Waals surface area (Å²) in [5.41, 5.74) is 1.58. The van der Waals surface area contributed by atoms with Crippen LogP contribution in [0.1, 0.15) is 16.8 Å². The van der Waals surface area contributed by atoms with Crippen molar-refractivity contribution < 1.29 is 14.4 Å². The first-order valence-corrected chi connectivity index (χ1v) is 9.16. The molecule has 5 rings (SSSR count). The Morgan fingerprint density at radius 3 is 2.22 bits per heavy atom. The minimum atomic E-state index is -0.274. The summed E-state index contributed by atoms with van der Waals surface area (Å²) >= 11 is 0. The maximum absolute atomic E-state index is 12.9. The zero-order chi connectivity index (χ0) is 18.5. The second-order valence-corrected chi connectivity index (χ2v) is 7.38. The molecule has 3 aliphatic rings. The van der Waals surface area contributed by atoms with Crippen molar-refractivity contribution in [2.24, 2.45) is 23.7 Å². The Labute approximate surface area is 156 Å². The second kappa shape index (κ2) is 5.91. The third-order valence-electron chi connectivity index (χ3n) is 5.87. The van der Waals surface area contributed by atoms with E-state index >= 15 is 0 Å². The molecular weight excluding hydrogens is 340 g/mol. The van der Waals surface area contributed by atoms with E-state index in [1.165, 1.54) is 4.90 Å². The fourth-order valence-electron chi connectivity index (χ4n) is 4.67. The van der Waals surface area contributed by atoms with Gasteiger partial charge in [0.25, 0.3) is 5.91 Å². The summed E-state index contributed by atoms with van der Waals surface area (Å²) < 4.78 is 0. The summed E-state index contributed by atoms with van der Waals surface area (Å²) in [4.78, 5) is 39.7. The predicted molar refractivity (Wildman–Crippen MR) is 101 cm³/mol. The van der Waals surface area contributed by atoms with Gasteiger partial charge in [-0.05, 0) is 48.6 Å². The quantitative estimate of drug-likeness (QED) is 0.677. The lowest BCUT2D eigenvalue weighted by Gasteiger charge is -2.18. The molecule has 0 spiro atoms. The molecule has 2 bridgehead atoms. The summed E-state index contributed by atoms with van der Waals surface area (Å²) in [5.74, 6) is -0.686. The van der Waals surface area contributed by atoms with Crippen LogP contribution in [0, 0.1) is 23.7 Å². The number of hydrogen-bond donors (Lipinski definition) is 1. The van der Waals surface area contributed by atoms with Gasteiger partial charge in [0.1, 0.15) is 0 Å². The number of amides is 3. The van der Waals surface area contributed by atoms with Crippen molar-refractivity contribution in [1.29, 1.82) is 0 Å². The third kappa shape index (κ3) is 2.42. The highest BCUT2D eigenvalue weighted by atomic mass is 16.2. The Balaban J connectivity index is 1.42. The lowest BCUT2D eigenvalue weighted by Crippen LogP contribution is -2.33. The van der Waals surface area contributed by atoms with Gasteiger partial charge in [-0.1, -0.05) is 36.4 Å². The van der Waals surface area contributed by atoms with Gasteiger partial charge >= 0.3 is 0 Å². The molecule has 1 saturated heterocycles. The molecule has 1 N–H and O–H groups in total. The normalized spacial score (nSPS) is 27.9. The number of nitrogens with one attached hydrogen (secondary N) is 1. The maximum Gasteiger partial charge on any atom is 0.255 e. The van der Waals surface area contributed by atoms with Crippen molar-refractivity contribution in [2.45, 2.75) is 6.42 Å². The van der Waals surface area contributed by atoms with Gasteiger partial charge in [0, 0.05) is 11.3 Å². The van der Waals surface area contributed by atoms with Gasteiger partial charge < -0.3 is 5.32 Å². The number of carbonyl (C=O) groups excluding carboxylic acids is 3. The molecule has 4 atom stereocenters. The highest BCUT2D eigenvalue weighted by molar-refractivity contribution is 6.23. The largest absolute Gasteiger partial charge is 0.322 e. The van der Waals surface area contributed by atoms with Crippen LogP contribution in [0.15, 0.2) is 66.7 Å². The van der Waals surface area contributed by atoms with Crippen molar-refractivity contribution in [3.63, 3.8) is 0 Å². The van der Waals surface area contributed by atoms with E-state index in [-0.39, 0.29) is 41.4 Å². The number of allylic oxidation sites excluding steroid dienone is 2. The molecule has 2 aromatic rings. The lowest BCUT2D eigenvalue weighted by molar-refractivity contribution is -0.123. The van der Waals surface area contributed by atoms with Crippen molar-refractivity contribution in [1.82, 2.24) is 0 Å². The molecule has 0 unspecified atom stereocenters. The van der Waals surface area contributed by atoms with E-state index in [1.54, 1.807) is 36.4 Å². The minimum absolute atomic E-state index is 0.137. The van der Waals surface area contributed by atoms with Gasteiger partial charge in [0.15, 0.2) is 0 Å². The molecule has 1 saturated carbocycles. The van der Waals surface area contributed by atoms with Crippen LogP contribution in [-0.2, 0) is 9.59 Å². The predicted octanol–water partition coefficient (Wildman–Crippen LogP) is 3.25. The SMILES string of the molecule is O=C(Nc1ccccc1)c1cccc(N2C(=O)[C@@H]3[C@H](C2=O)[C@@H]2C=C[C@@H]3C2)c1. The molecule has 5 nitrogen and oxygen atoms in total. The molecule has 1 aliphatic heterocycles. The Hall–Kier alpha value is -3.21. The molecule has 1 heterocycles. The molecule has 134 valence electrons. The van der Waals surface area contributed by atoms with Gasteiger partial charge in [-0.25, -0.2) is 4.90 Å². The van der Waals surface area contributed by atoms with E-state index in [2.05, 4.69) is 17.5 Å².